The first-order valence-electron chi connectivity index (χ1n) is 7.66. The van der Waals surface area contributed by atoms with Crippen LogP contribution in [0.5, 0.6) is 0 Å². The summed E-state index contributed by atoms with van der Waals surface area (Å²) >= 11 is 0. The number of carbonyl (C=O) groups excluding carboxylic acids is 1. The average Bonchev–Trinajstić information content (AvgIpc) is 2.52. The first kappa shape index (κ1) is 16.2. The van der Waals surface area contributed by atoms with Crippen LogP contribution in [-0.4, -0.2) is 11.9 Å². The Kier molecular flexibility index (Phi) is 5.34. The van der Waals surface area contributed by atoms with Gasteiger partial charge in [-0.05, 0) is 36.6 Å². The Morgan fingerprint density at radius 2 is 1.73 bits per heavy atom. The molecule has 2 unspecified atom stereocenters. The number of carbonyl (C=O) groups is 1. The molecule has 22 heavy (non-hydrogen) atoms. The molecule has 0 spiro atoms. The van der Waals surface area contributed by atoms with E-state index in [1.165, 1.54) is 11.1 Å². The third-order valence-corrected chi connectivity index (χ3v) is 3.95. The van der Waals surface area contributed by atoms with Crippen molar-refractivity contribution in [1.82, 2.24) is 5.32 Å². The van der Waals surface area contributed by atoms with Crippen LogP contribution in [0.4, 0.5) is 0 Å². The van der Waals surface area contributed by atoms with Crippen molar-refractivity contribution in [3.8, 4) is 11.1 Å². The zero-order valence-electron chi connectivity index (χ0n) is 13.5. The molecule has 2 atom stereocenters. The highest BCUT2D eigenvalue weighted by Crippen LogP contribution is 2.21. The van der Waals surface area contributed by atoms with Crippen molar-refractivity contribution in [2.75, 3.05) is 0 Å². The minimum absolute atomic E-state index is 0.00374. The summed E-state index contributed by atoms with van der Waals surface area (Å²) in [6.45, 7) is 6.31. The second-order valence-electron chi connectivity index (χ2n) is 5.94. The SMILES string of the molecule is Cc1cccc(-c2cccc(CNC(=O)C(C)C(C)N)c2)c1. The van der Waals surface area contributed by atoms with Gasteiger partial charge >= 0.3 is 0 Å². The minimum atomic E-state index is -0.181. The van der Waals surface area contributed by atoms with E-state index in [0.717, 1.165) is 11.1 Å². The summed E-state index contributed by atoms with van der Waals surface area (Å²) in [5.41, 5.74) is 10.4. The van der Waals surface area contributed by atoms with E-state index in [1.54, 1.807) is 0 Å². The normalized spacial score (nSPS) is 13.5. The van der Waals surface area contributed by atoms with Crippen LogP contribution >= 0.6 is 0 Å². The van der Waals surface area contributed by atoms with Crippen molar-refractivity contribution in [3.63, 3.8) is 0 Å². The predicted octanol–water partition coefficient (Wildman–Crippen LogP) is 3.26. The molecule has 0 radical (unpaired) electrons. The molecular weight excluding hydrogens is 272 g/mol. The molecule has 2 aromatic carbocycles. The van der Waals surface area contributed by atoms with Gasteiger partial charge in [-0.1, -0.05) is 55.0 Å². The van der Waals surface area contributed by atoms with E-state index in [2.05, 4.69) is 48.6 Å². The molecule has 0 aliphatic heterocycles. The Morgan fingerprint density at radius 3 is 2.36 bits per heavy atom. The summed E-state index contributed by atoms with van der Waals surface area (Å²) in [7, 11) is 0. The van der Waals surface area contributed by atoms with Crippen molar-refractivity contribution in [2.45, 2.75) is 33.4 Å². The molecule has 0 aliphatic rings. The first-order chi connectivity index (χ1) is 10.5. The maximum absolute atomic E-state index is 12.0. The van der Waals surface area contributed by atoms with Crippen molar-refractivity contribution in [3.05, 3.63) is 59.7 Å². The van der Waals surface area contributed by atoms with E-state index >= 15 is 0 Å². The lowest BCUT2D eigenvalue weighted by molar-refractivity contribution is -0.125. The van der Waals surface area contributed by atoms with Crippen molar-refractivity contribution in [1.29, 1.82) is 0 Å². The molecule has 116 valence electrons. The van der Waals surface area contributed by atoms with Gasteiger partial charge in [0.1, 0.15) is 0 Å². The van der Waals surface area contributed by atoms with Gasteiger partial charge in [0.05, 0.1) is 0 Å². The molecule has 0 aromatic heterocycles. The minimum Gasteiger partial charge on any atom is -0.352 e. The molecular formula is C19H24N2O. The number of hydrogen-bond acceptors (Lipinski definition) is 2. The van der Waals surface area contributed by atoms with Crippen LogP contribution in [0, 0.1) is 12.8 Å². The molecule has 0 aliphatic carbocycles. The largest absolute Gasteiger partial charge is 0.352 e. The summed E-state index contributed by atoms with van der Waals surface area (Å²) in [6.07, 6.45) is 0. The van der Waals surface area contributed by atoms with Gasteiger partial charge in [-0.2, -0.15) is 0 Å². The molecule has 3 nitrogen and oxygen atoms in total. The van der Waals surface area contributed by atoms with Gasteiger partial charge in [-0.25, -0.2) is 0 Å². The molecule has 2 aromatic rings. The van der Waals surface area contributed by atoms with Crippen molar-refractivity contribution in [2.24, 2.45) is 11.7 Å². The van der Waals surface area contributed by atoms with E-state index in [9.17, 15) is 4.79 Å². The van der Waals surface area contributed by atoms with Gasteiger partial charge < -0.3 is 11.1 Å². The van der Waals surface area contributed by atoms with Gasteiger partial charge in [-0.3, -0.25) is 4.79 Å². The highest BCUT2D eigenvalue weighted by molar-refractivity contribution is 5.79. The third-order valence-electron chi connectivity index (χ3n) is 3.95. The smallest absolute Gasteiger partial charge is 0.224 e. The summed E-state index contributed by atoms with van der Waals surface area (Å²) in [4.78, 5) is 12.0. The van der Waals surface area contributed by atoms with E-state index in [1.807, 2.05) is 26.0 Å². The third kappa shape index (κ3) is 4.18. The van der Waals surface area contributed by atoms with Crippen LogP contribution in [0.3, 0.4) is 0 Å². The predicted molar refractivity (Wildman–Crippen MR) is 91.3 cm³/mol. The summed E-state index contributed by atoms with van der Waals surface area (Å²) < 4.78 is 0. The number of aryl methyl sites for hydroxylation is 1. The summed E-state index contributed by atoms with van der Waals surface area (Å²) in [5, 5.41) is 2.95. The number of hydrogen-bond donors (Lipinski definition) is 2. The van der Waals surface area contributed by atoms with E-state index < -0.39 is 0 Å². The Balaban J connectivity index is 2.08. The number of nitrogens with one attached hydrogen (secondary N) is 1. The fourth-order valence-corrected chi connectivity index (χ4v) is 2.27. The fourth-order valence-electron chi connectivity index (χ4n) is 2.27. The van der Waals surface area contributed by atoms with Crippen LogP contribution in [0.2, 0.25) is 0 Å². The molecule has 1 amide bonds. The van der Waals surface area contributed by atoms with E-state index in [0.29, 0.717) is 6.54 Å². The highest BCUT2D eigenvalue weighted by Gasteiger charge is 2.16. The molecule has 3 heteroatoms. The Hall–Kier alpha value is -2.13. The zero-order valence-corrected chi connectivity index (χ0v) is 13.5. The summed E-state index contributed by atoms with van der Waals surface area (Å²) in [6, 6.07) is 16.5. The van der Waals surface area contributed by atoms with Gasteiger partial charge in [0.2, 0.25) is 5.91 Å². The zero-order chi connectivity index (χ0) is 16.1. The van der Waals surface area contributed by atoms with Gasteiger partial charge in [0.15, 0.2) is 0 Å². The number of benzene rings is 2. The average molecular weight is 296 g/mol. The molecule has 0 fully saturated rings. The maximum atomic E-state index is 12.0. The fraction of sp³-hybridized carbons (Fsp3) is 0.316. The van der Waals surface area contributed by atoms with Crippen LogP contribution in [-0.2, 0) is 11.3 Å². The number of nitrogens with two attached hydrogens (primary N) is 1. The monoisotopic (exact) mass is 296 g/mol. The van der Waals surface area contributed by atoms with Crippen LogP contribution < -0.4 is 11.1 Å². The van der Waals surface area contributed by atoms with Gasteiger partial charge in [0, 0.05) is 18.5 Å². The summed E-state index contributed by atoms with van der Waals surface area (Å²) in [5.74, 6) is -0.184. The standard InChI is InChI=1S/C19H24N2O/c1-13-6-4-8-17(10-13)18-9-5-7-16(11-18)12-21-19(22)14(2)15(3)20/h4-11,14-15H,12,20H2,1-3H3,(H,21,22). The Morgan fingerprint density at radius 1 is 1.09 bits per heavy atom. The molecule has 3 N–H and O–H groups in total. The highest BCUT2D eigenvalue weighted by atomic mass is 16.1. The number of rotatable bonds is 5. The van der Waals surface area contributed by atoms with Crippen LogP contribution in [0.25, 0.3) is 11.1 Å². The first-order valence-corrected chi connectivity index (χ1v) is 7.66. The van der Waals surface area contributed by atoms with Crippen LogP contribution in [0.15, 0.2) is 48.5 Å². The van der Waals surface area contributed by atoms with Gasteiger partial charge in [0.25, 0.3) is 0 Å². The number of amides is 1. The van der Waals surface area contributed by atoms with E-state index in [4.69, 9.17) is 5.73 Å². The topological polar surface area (TPSA) is 55.1 Å². The van der Waals surface area contributed by atoms with Crippen LogP contribution in [0.1, 0.15) is 25.0 Å². The second-order valence-corrected chi connectivity index (χ2v) is 5.94. The van der Waals surface area contributed by atoms with E-state index in [-0.39, 0.29) is 17.9 Å². The molecule has 0 heterocycles. The quantitative estimate of drug-likeness (QED) is 0.890. The molecule has 2 rings (SSSR count). The molecule has 0 saturated carbocycles. The van der Waals surface area contributed by atoms with Crippen molar-refractivity contribution < 1.29 is 4.79 Å². The molecule has 0 bridgehead atoms. The lowest BCUT2D eigenvalue weighted by Crippen LogP contribution is -2.38. The Labute approximate surface area is 132 Å². The Bertz CT molecular complexity index is 649. The second kappa shape index (κ2) is 7.23. The van der Waals surface area contributed by atoms with Crippen molar-refractivity contribution >= 4 is 5.91 Å². The lowest BCUT2D eigenvalue weighted by atomic mass is 10.0. The lowest BCUT2D eigenvalue weighted by Gasteiger charge is -2.15. The van der Waals surface area contributed by atoms with Gasteiger partial charge in [-0.15, -0.1) is 0 Å². The maximum Gasteiger partial charge on any atom is 0.224 e. The molecule has 0 saturated heterocycles.